The molecule has 1 aromatic carbocycles. The van der Waals surface area contributed by atoms with E-state index in [1.165, 1.54) is 0 Å². The number of carbonyl (C=O) groups excluding carboxylic acids is 1. The molecule has 1 fully saturated rings. The number of aliphatic hydroxyl groups excluding tert-OH is 1. The highest BCUT2D eigenvalue weighted by atomic mass is 16.4. The fourth-order valence-corrected chi connectivity index (χ4v) is 2.93. The van der Waals surface area contributed by atoms with Crippen LogP contribution in [0.2, 0.25) is 0 Å². The largest absolute Gasteiger partial charge is 0.481 e. The van der Waals surface area contributed by atoms with Crippen LogP contribution in [0.15, 0.2) is 54.9 Å². The molecular weight excluding hydrogens is 334 g/mol. The molecule has 2 atom stereocenters. The second-order valence-corrected chi connectivity index (χ2v) is 6.02. The average Bonchev–Trinajstić information content (AvgIpc) is 2.64. The molecule has 1 aromatic heterocycles. The Kier molecular flexibility index (Phi) is 6.82. The number of piperidine rings is 1. The minimum atomic E-state index is -0.833. The fourth-order valence-electron chi connectivity index (χ4n) is 2.93. The molecule has 1 aliphatic rings. The highest BCUT2D eigenvalue weighted by Crippen LogP contribution is 2.31. The maximum atomic E-state index is 12.6. The highest BCUT2D eigenvalue weighted by Gasteiger charge is 2.42. The third-order valence-corrected chi connectivity index (χ3v) is 4.17. The summed E-state index contributed by atoms with van der Waals surface area (Å²) >= 11 is 0. The smallest absolute Gasteiger partial charge is 0.300 e. The Hall–Kier alpha value is -2.77. The van der Waals surface area contributed by atoms with Gasteiger partial charge >= 0.3 is 0 Å². The molecule has 0 spiro atoms. The summed E-state index contributed by atoms with van der Waals surface area (Å²) in [6, 6.07) is 13.0. The van der Waals surface area contributed by atoms with E-state index < -0.39 is 17.6 Å². The summed E-state index contributed by atoms with van der Waals surface area (Å²) in [5.41, 5.74) is 0.690. The maximum absolute atomic E-state index is 12.6. The van der Waals surface area contributed by atoms with Gasteiger partial charge in [-0.05, 0) is 30.7 Å². The Bertz CT molecular complexity index is 720. The topological polar surface area (TPSA) is 112 Å². The normalized spacial score (nSPS) is 21.8. The number of aliphatic hydroxyl groups is 1. The number of carboxylic acids is 1. The van der Waals surface area contributed by atoms with Gasteiger partial charge in [-0.2, -0.15) is 0 Å². The van der Waals surface area contributed by atoms with Gasteiger partial charge in [0.1, 0.15) is 0 Å². The summed E-state index contributed by atoms with van der Waals surface area (Å²) in [5, 5.41) is 24.2. The van der Waals surface area contributed by atoms with E-state index >= 15 is 0 Å². The predicted octanol–water partition coefficient (Wildman–Crippen LogP) is 1.15. The van der Waals surface area contributed by atoms with Gasteiger partial charge in [0.2, 0.25) is 0 Å². The van der Waals surface area contributed by atoms with Gasteiger partial charge in [0.15, 0.2) is 0 Å². The lowest BCUT2D eigenvalue weighted by Crippen LogP contribution is -2.61. The summed E-state index contributed by atoms with van der Waals surface area (Å²) in [5.74, 6) is -1.03. The van der Waals surface area contributed by atoms with Gasteiger partial charge in [-0.25, -0.2) is 0 Å². The quantitative estimate of drug-likeness (QED) is 0.656. The molecule has 0 bridgehead atoms. The van der Waals surface area contributed by atoms with E-state index in [2.05, 4.69) is 15.6 Å². The molecular formula is C19H23N3O4. The molecule has 1 amide bonds. The summed E-state index contributed by atoms with van der Waals surface area (Å²) in [7, 11) is 0. The molecule has 3 rings (SSSR count). The monoisotopic (exact) mass is 357 g/mol. The number of aromatic nitrogens is 1. The van der Waals surface area contributed by atoms with E-state index in [9.17, 15) is 9.90 Å². The first kappa shape index (κ1) is 19.6. The number of β-amino-alcohol motifs (C(OH)–C–C–N with tert-alkyl or cyclic N) is 1. The molecule has 0 unspecified atom stereocenters. The SMILES string of the molecule is CC(=O)O.O=C(N[C@@]1(c2ccccc2)CCNC[C@H]1O)c1ccncc1. The van der Waals surface area contributed by atoms with Crippen LogP contribution in [-0.4, -0.2) is 46.3 Å². The number of aliphatic carboxylic acids is 1. The first-order chi connectivity index (χ1) is 12.5. The Balaban J connectivity index is 0.000000552. The lowest BCUT2D eigenvalue weighted by atomic mass is 9.79. The zero-order chi connectivity index (χ0) is 19.0. The number of nitrogens with zero attached hydrogens (tertiary/aromatic N) is 1. The van der Waals surface area contributed by atoms with Crippen LogP contribution in [0.1, 0.15) is 29.3 Å². The Morgan fingerprint density at radius 2 is 1.81 bits per heavy atom. The van der Waals surface area contributed by atoms with Crippen LogP contribution in [0.25, 0.3) is 0 Å². The number of pyridine rings is 1. The van der Waals surface area contributed by atoms with Crippen LogP contribution in [0.3, 0.4) is 0 Å². The number of nitrogens with one attached hydrogen (secondary N) is 2. The second-order valence-electron chi connectivity index (χ2n) is 6.02. The Morgan fingerprint density at radius 3 is 2.38 bits per heavy atom. The van der Waals surface area contributed by atoms with Crippen molar-refractivity contribution < 1.29 is 19.8 Å². The summed E-state index contributed by atoms with van der Waals surface area (Å²) < 4.78 is 0. The number of amides is 1. The van der Waals surface area contributed by atoms with Crippen LogP contribution in [0.5, 0.6) is 0 Å². The van der Waals surface area contributed by atoms with Crippen molar-refractivity contribution in [2.45, 2.75) is 25.0 Å². The van der Waals surface area contributed by atoms with Crippen molar-refractivity contribution >= 4 is 11.9 Å². The zero-order valence-corrected chi connectivity index (χ0v) is 14.6. The molecule has 1 saturated heterocycles. The predicted molar refractivity (Wildman–Crippen MR) is 96.6 cm³/mol. The van der Waals surface area contributed by atoms with E-state index in [0.717, 1.165) is 19.0 Å². The van der Waals surface area contributed by atoms with Crippen LogP contribution < -0.4 is 10.6 Å². The van der Waals surface area contributed by atoms with Crippen molar-refractivity contribution in [2.75, 3.05) is 13.1 Å². The Morgan fingerprint density at radius 1 is 1.19 bits per heavy atom. The lowest BCUT2D eigenvalue weighted by molar-refractivity contribution is -0.134. The molecule has 7 heteroatoms. The third-order valence-electron chi connectivity index (χ3n) is 4.17. The first-order valence-corrected chi connectivity index (χ1v) is 8.32. The minimum Gasteiger partial charge on any atom is -0.481 e. The number of hydrogen-bond acceptors (Lipinski definition) is 5. The second kappa shape index (κ2) is 9.07. The fraction of sp³-hybridized carbons (Fsp3) is 0.316. The number of benzene rings is 1. The molecule has 7 nitrogen and oxygen atoms in total. The summed E-state index contributed by atoms with van der Waals surface area (Å²) in [6.45, 7) is 2.27. The zero-order valence-electron chi connectivity index (χ0n) is 14.6. The van der Waals surface area contributed by atoms with E-state index in [4.69, 9.17) is 9.90 Å². The Labute approximate surface area is 152 Å². The van der Waals surface area contributed by atoms with Crippen molar-refractivity contribution in [3.8, 4) is 0 Å². The molecule has 2 heterocycles. The molecule has 0 aliphatic carbocycles. The van der Waals surface area contributed by atoms with Gasteiger partial charge in [0, 0.05) is 31.4 Å². The van der Waals surface area contributed by atoms with Gasteiger partial charge < -0.3 is 20.8 Å². The summed E-state index contributed by atoms with van der Waals surface area (Å²) in [4.78, 5) is 25.5. The van der Waals surface area contributed by atoms with Gasteiger partial charge in [0.05, 0.1) is 11.6 Å². The van der Waals surface area contributed by atoms with Crippen molar-refractivity contribution in [1.82, 2.24) is 15.6 Å². The van der Waals surface area contributed by atoms with E-state index in [1.54, 1.807) is 24.5 Å². The molecule has 0 radical (unpaired) electrons. The van der Waals surface area contributed by atoms with Gasteiger partial charge in [0.25, 0.3) is 11.9 Å². The minimum absolute atomic E-state index is 0.202. The van der Waals surface area contributed by atoms with E-state index in [-0.39, 0.29) is 5.91 Å². The van der Waals surface area contributed by atoms with Gasteiger partial charge in [-0.15, -0.1) is 0 Å². The molecule has 2 aromatic rings. The molecule has 0 saturated carbocycles. The lowest BCUT2D eigenvalue weighted by Gasteiger charge is -2.43. The van der Waals surface area contributed by atoms with Crippen LogP contribution in [0.4, 0.5) is 0 Å². The van der Waals surface area contributed by atoms with Gasteiger partial charge in [-0.3, -0.25) is 14.6 Å². The highest BCUT2D eigenvalue weighted by molar-refractivity contribution is 5.94. The first-order valence-electron chi connectivity index (χ1n) is 8.32. The van der Waals surface area contributed by atoms with Crippen molar-refractivity contribution in [3.05, 3.63) is 66.0 Å². The molecule has 26 heavy (non-hydrogen) atoms. The molecule has 4 N–H and O–H groups in total. The third kappa shape index (κ3) is 4.87. The maximum Gasteiger partial charge on any atom is 0.300 e. The van der Waals surface area contributed by atoms with Crippen molar-refractivity contribution in [2.24, 2.45) is 0 Å². The van der Waals surface area contributed by atoms with E-state index in [0.29, 0.717) is 18.5 Å². The molecule has 1 aliphatic heterocycles. The number of carboxylic acid groups (broad SMARTS) is 1. The number of hydrogen-bond donors (Lipinski definition) is 4. The van der Waals surface area contributed by atoms with E-state index in [1.807, 2.05) is 30.3 Å². The van der Waals surface area contributed by atoms with Gasteiger partial charge in [-0.1, -0.05) is 30.3 Å². The number of carbonyl (C=O) groups is 2. The van der Waals surface area contributed by atoms with Crippen LogP contribution in [0, 0.1) is 0 Å². The van der Waals surface area contributed by atoms with Crippen molar-refractivity contribution in [1.29, 1.82) is 0 Å². The number of rotatable bonds is 3. The standard InChI is InChI=1S/C17H19N3O2.C2H4O2/c21-15-12-19-11-8-17(15,14-4-2-1-3-5-14)20-16(22)13-6-9-18-10-7-13;1-2(3)4/h1-7,9-10,15,19,21H,8,11-12H2,(H,20,22);1H3,(H,3,4)/t15-,17-;/m1./s1. The van der Waals surface area contributed by atoms with Crippen LogP contribution in [-0.2, 0) is 10.3 Å². The average molecular weight is 357 g/mol. The van der Waals surface area contributed by atoms with Crippen molar-refractivity contribution in [3.63, 3.8) is 0 Å². The molecule has 138 valence electrons. The summed E-state index contributed by atoms with van der Waals surface area (Å²) in [6.07, 6.45) is 3.12. The van der Waals surface area contributed by atoms with Crippen LogP contribution >= 0.6 is 0 Å².